The zero-order chi connectivity index (χ0) is 7.72. The van der Waals surface area contributed by atoms with Crippen molar-refractivity contribution in [2.75, 3.05) is 0 Å². The Morgan fingerprint density at radius 3 is 2.60 bits per heavy atom. The lowest BCUT2D eigenvalue weighted by atomic mass is 10.3. The first kappa shape index (κ1) is 7.54. The highest BCUT2D eigenvalue weighted by atomic mass is 79.9. The van der Waals surface area contributed by atoms with Crippen LogP contribution in [-0.4, -0.2) is 5.11 Å². The maximum absolute atomic E-state index is 9.16. The second-order valence-corrected chi connectivity index (χ2v) is 2.96. The predicted octanol–water partition coefficient (Wildman–Crippen LogP) is 1.29. The van der Waals surface area contributed by atoms with E-state index in [4.69, 9.17) is 5.11 Å². The number of halogens is 1. The van der Waals surface area contributed by atoms with Gasteiger partial charge >= 0.3 is 0 Å². The van der Waals surface area contributed by atoms with Gasteiger partial charge in [0.25, 0.3) is 4.60 Å². The molecular weight excluding hydrogens is 194 g/mol. The summed E-state index contributed by atoms with van der Waals surface area (Å²) in [7, 11) is 1.89. The van der Waals surface area contributed by atoms with Crippen molar-refractivity contribution in [2.45, 2.75) is 6.92 Å². The van der Waals surface area contributed by atoms with E-state index in [1.54, 1.807) is 6.07 Å². The van der Waals surface area contributed by atoms with E-state index in [1.807, 2.05) is 24.6 Å². The van der Waals surface area contributed by atoms with Crippen LogP contribution in [0.5, 0.6) is 5.75 Å². The molecule has 0 aliphatic heterocycles. The molecule has 0 aliphatic carbocycles. The van der Waals surface area contributed by atoms with Gasteiger partial charge in [-0.3, -0.25) is 0 Å². The van der Waals surface area contributed by atoms with E-state index in [2.05, 4.69) is 15.9 Å². The standard InChI is InChI=1S/C7H8BrNO/c1-5-3-4-6(10)7(8)9(5)2/h3-4H,1-2H3/p+1. The highest BCUT2D eigenvalue weighted by Gasteiger charge is 2.10. The molecule has 0 aromatic carbocycles. The fourth-order valence-corrected chi connectivity index (χ4v) is 1.12. The van der Waals surface area contributed by atoms with Crippen LogP contribution in [-0.2, 0) is 7.05 Å². The molecule has 0 amide bonds. The molecule has 3 heteroatoms. The van der Waals surface area contributed by atoms with Crippen molar-refractivity contribution in [1.82, 2.24) is 0 Å². The quantitative estimate of drug-likeness (QED) is 0.498. The lowest BCUT2D eigenvalue weighted by molar-refractivity contribution is -0.689. The summed E-state index contributed by atoms with van der Waals surface area (Å²) >= 11 is 3.24. The zero-order valence-electron chi connectivity index (χ0n) is 5.93. The molecule has 0 spiro atoms. The normalized spacial score (nSPS) is 9.90. The second-order valence-electron chi connectivity index (χ2n) is 2.21. The first-order chi connectivity index (χ1) is 4.63. The van der Waals surface area contributed by atoms with E-state index in [0.29, 0.717) is 4.60 Å². The van der Waals surface area contributed by atoms with E-state index in [1.165, 1.54) is 0 Å². The number of hydrogen-bond donors (Lipinski definition) is 1. The molecule has 0 radical (unpaired) electrons. The number of rotatable bonds is 0. The van der Waals surface area contributed by atoms with E-state index >= 15 is 0 Å². The minimum atomic E-state index is 0.271. The summed E-state index contributed by atoms with van der Waals surface area (Å²) < 4.78 is 2.59. The van der Waals surface area contributed by atoms with E-state index in [0.717, 1.165) is 5.69 Å². The maximum Gasteiger partial charge on any atom is 0.289 e. The largest absolute Gasteiger partial charge is 0.502 e. The van der Waals surface area contributed by atoms with Crippen molar-refractivity contribution >= 4 is 15.9 Å². The lowest BCUT2D eigenvalue weighted by Crippen LogP contribution is -2.33. The summed E-state index contributed by atoms with van der Waals surface area (Å²) in [6, 6.07) is 3.53. The van der Waals surface area contributed by atoms with E-state index in [9.17, 15) is 0 Å². The molecule has 1 aromatic heterocycles. The van der Waals surface area contributed by atoms with Gasteiger partial charge in [0, 0.05) is 28.9 Å². The van der Waals surface area contributed by atoms with E-state index in [-0.39, 0.29) is 5.75 Å². The molecule has 0 saturated carbocycles. The van der Waals surface area contributed by atoms with Crippen molar-refractivity contribution in [3.8, 4) is 5.75 Å². The van der Waals surface area contributed by atoms with Gasteiger partial charge in [0.15, 0.2) is 11.4 Å². The maximum atomic E-state index is 9.16. The predicted molar refractivity (Wildman–Crippen MR) is 41.7 cm³/mol. The molecule has 0 saturated heterocycles. The molecule has 1 N–H and O–H groups in total. The lowest BCUT2D eigenvalue weighted by Gasteiger charge is -1.96. The average molecular weight is 203 g/mol. The van der Waals surface area contributed by atoms with Crippen molar-refractivity contribution in [2.24, 2.45) is 7.05 Å². The zero-order valence-corrected chi connectivity index (χ0v) is 7.51. The van der Waals surface area contributed by atoms with Crippen molar-refractivity contribution in [3.05, 3.63) is 22.4 Å². The van der Waals surface area contributed by atoms with Crippen LogP contribution in [0.1, 0.15) is 5.69 Å². The van der Waals surface area contributed by atoms with Crippen LogP contribution < -0.4 is 4.57 Å². The molecule has 10 heavy (non-hydrogen) atoms. The number of nitrogens with zero attached hydrogens (tertiary/aromatic N) is 1. The third-order valence-corrected chi connectivity index (χ3v) is 2.46. The van der Waals surface area contributed by atoms with Gasteiger partial charge < -0.3 is 5.11 Å². The first-order valence-electron chi connectivity index (χ1n) is 2.97. The Morgan fingerprint density at radius 1 is 1.50 bits per heavy atom. The Morgan fingerprint density at radius 2 is 2.10 bits per heavy atom. The average Bonchev–Trinajstić information content (AvgIpc) is 1.93. The SMILES string of the molecule is Cc1ccc(O)c(Br)[n+]1C. The highest BCUT2D eigenvalue weighted by Crippen LogP contribution is 2.17. The Balaban J connectivity index is 3.34. The molecule has 0 bridgehead atoms. The summed E-state index contributed by atoms with van der Waals surface area (Å²) in [5.74, 6) is 0.271. The molecule has 0 unspecified atom stereocenters. The number of aromatic hydroxyl groups is 1. The van der Waals surface area contributed by atoms with Crippen LogP contribution in [0.4, 0.5) is 0 Å². The smallest absolute Gasteiger partial charge is 0.289 e. The van der Waals surface area contributed by atoms with Gasteiger partial charge in [0.05, 0.1) is 0 Å². The fourth-order valence-electron chi connectivity index (χ4n) is 0.707. The molecule has 0 fully saturated rings. The molecular formula is C7H9BrNO+. The molecule has 0 atom stereocenters. The minimum Gasteiger partial charge on any atom is -0.502 e. The van der Waals surface area contributed by atoms with Crippen molar-refractivity contribution < 1.29 is 9.67 Å². The molecule has 2 nitrogen and oxygen atoms in total. The fraction of sp³-hybridized carbons (Fsp3) is 0.286. The van der Waals surface area contributed by atoms with Gasteiger partial charge in [-0.15, -0.1) is 0 Å². The van der Waals surface area contributed by atoms with Gasteiger partial charge in [0.2, 0.25) is 0 Å². The van der Waals surface area contributed by atoms with E-state index < -0.39 is 0 Å². The van der Waals surface area contributed by atoms with Gasteiger partial charge in [-0.1, -0.05) is 0 Å². The third kappa shape index (κ3) is 1.14. The summed E-state index contributed by atoms with van der Waals surface area (Å²) in [4.78, 5) is 0. The number of aryl methyl sites for hydroxylation is 1. The molecule has 1 rings (SSSR count). The number of aromatic nitrogens is 1. The van der Waals surface area contributed by atoms with Crippen LogP contribution in [0.3, 0.4) is 0 Å². The van der Waals surface area contributed by atoms with Crippen LogP contribution >= 0.6 is 15.9 Å². The second kappa shape index (κ2) is 2.58. The summed E-state index contributed by atoms with van der Waals surface area (Å²) in [6.07, 6.45) is 0. The summed E-state index contributed by atoms with van der Waals surface area (Å²) in [5, 5.41) is 9.16. The summed E-state index contributed by atoms with van der Waals surface area (Å²) in [5.41, 5.74) is 1.10. The van der Waals surface area contributed by atoms with Crippen LogP contribution in [0.2, 0.25) is 0 Å². The molecule has 1 heterocycles. The topological polar surface area (TPSA) is 24.1 Å². The van der Waals surface area contributed by atoms with Crippen LogP contribution in [0, 0.1) is 6.92 Å². The Kier molecular flexibility index (Phi) is 1.94. The Labute approximate surface area is 68.3 Å². The number of hydrogen-bond acceptors (Lipinski definition) is 1. The molecule has 54 valence electrons. The monoisotopic (exact) mass is 202 g/mol. The molecule has 1 aromatic rings. The number of pyridine rings is 1. The van der Waals surface area contributed by atoms with Crippen LogP contribution in [0.25, 0.3) is 0 Å². The Hall–Kier alpha value is -0.570. The van der Waals surface area contributed by atoms with Gasteiger partial charge in [0.1, 0.15) is 7.05 Å². The van der Waals surface area contributed by atoms with Gasteiger partial charge in [-0.25, -0.2) is 0 Å². The van der Waals surface area contributed by atoms with Crippen molar-refractivity contribution in [1.29, 1.82) is 0 Å². The van der Waals surface area contributed by atoms with Crippen LogP contribution in [0.15, 0.2) is 16.7 Å². The Bertz CT molecular complexity index is 233. The third-order valence-electron chi connectivity index (χ3n) is 1.52. The van der Waals surface area contributed by atoms with Gasteiger partial charge in [-0.05, 0) is 6.07 Å². The van der Waals surface area contributed by atoms with Crippen molar-refractivity contribution in [3.63, 3.8) is 0 Å². The first-order valence-corrected chi connectivity index (χ1v) is 3.76. The minimum absolute atomic E-state index is 0.271. The molecule has 0 aliphatic rings. The highest BCUT2D eigenvalue weighted by molar-refractivity contribution is 9.10. The summed E-state index contributed by atoms with van der Waals surface area (Å²) in [6.45, 7) is 1.98. The van der Waals surface area contributed by atoms with Gasteiger partial charge in [-0.2, -0.15) is 4.57 Å².